The van der Waals surface area contributed by atoms with Gasteiger partial charge >= 0.3 is 6.18 Å². The molecule has 3 atom stereocenters. The largest absolute Gasteiger partial charge is 0.433 e. The zero-order valence-electron chi connectivity index (χ0n) is 20.7. The molecule has 192 valence electrons. The summed E-state index contributed by atoms with van der Waals surface area (Å²) in [5, 5.41) is 4.51. The average Bonchev–Trinajstić information content (AvgIpc) is 3.59. The molecule has 2 aliphatic rings. The van der Waals surface area contributed by atoms with Crippen molar-refractivity contribution in [3.05, 3.63) is 59.2 Å². The quantitative estimate of drug-likeness (QED) is 0.350. The van der Waals surface area contributed by atoms with E-state index in [0.29, 0.717) is 52.8 Å². The number of hydrogen-bond acceptors (Lipinski definition) is 7. The first kappa shape index (κ1) is 23.9. The molecule has 11 heteroatoms. The van der Waals surface area contributed by atoms with Gasteiger partial charge in [0.15, 0.2) is 5.65 Å². The van der Waals surface area contributed by atoms with Gasteiger partial charge in [-0.05, 0) is 58.6 Å². The van der Waals surface area contributed by atoms with Gasteiger partial charge in [0.1, 0.15) is 22.7 Å². The van der Waals surface area contributed by atoms with E-state index in [1.54, 1.807) is 0 Å². The van der Waals surface area contributed by atoms with Crippen LogP contribution in [0.5, 0.6) is 0 Å². The Bertz CT molecular complexity index is 1460. The standard InChI is InChI=1S/C26H26F3N7O/c1-13-8-17(9-20(37-13)18-11-31-36(12-18)19-5-6-19)24-34-22(16-4-7-21(30-10-16)26(27,28)29)23-25(35-24)33-15(3)14(2)32-23/h4,7,10-13,17,19-20H,5-6,8-9H2,1-3H3/t13-,17+,20-/m1/s1. The molecule has 1 saturated carbocycles. The van der Waals surface area contributed by atoms with Gasteiger partial charge in [0.25, 0.3) is 0 Å². The number of fused-ring (bicyclic) bond motifs is 1. The van der Waals surface area contributed by atoms with E-state index in [4.69, 9.17) is 14.7 Å². The Kier molecular flexibility index (Phi) is 5.70. The highest BCUT2D eigenvalue weighted by molar-refractivity contribution is 5.86. The number of alkyl halides is 3. The molecule has 5 heterocycles. The van der Waals surface area contributed by atoms with E-state index in [1.165, 1.54) is 12.3 Å². The number of hydrogen-bond donors (Lipinski definition) is 0. The van der Waals surface area contributed by atoms with Gasteiger partial charge in [-0.2, -0.15) is 18.3 Å². The lowest BCUT2D eigenvalue weighted by Crippen LogP contribution is -2.26. The van der Waals surface area contributed by atoms with Crippen molar-refractivity contribution in [3.63, 3.8) is 0 Å². The molecule has 0 bridgehead atoms. The van der Waals surface area contributed by atoms with Crippen LogP contribution >= 0.6 is 0 Å². The number of ether oxygens (including phenoxy) is 1. The van der Waals surface area contributed by atoms with E-state index >= 15 is 0 Å². The van der Waals surface area contributed by atoms with E-state index in [0.717, 1.165) is 30.2 Å². The van der Waals surface area contributed by atoms with Gasteiger partial charge in [-0.3, -0.25) is 9.67 Å². The molecule has 0 aromatic carbocycles. The lowest BCUT2D eigenvalue weighted by molar-refractivity contribution is -0.141. The summed E-state index contributed by atoms with van der Waals surface area (Å²) >= 11 is 0. The van der Waals surface area contributed by atoms with Crippen LogP contribution in [0, 0.1) is 13.8 Å². The Morgan fingerprint density at radius 2 is 1.76 bits per heavy atom. The predicted molar refractivity (Wildman–Crippen MR) is 129 cm³/mol. The number of nitrogens with zero attached hydrogens (tertiary/aromatic N) is 7. The molecule has 0 N–H and O–H groups in total. The summed E-state index contributed by atoms with van der Waals surface area (Å²) in [5.74, 6) is 0.543. The number of aryl methyl sites for hydroxylation is 2. The van der Waals surface area contributed by atoms with E-state index in [2.05, 4.69) is 26.2 Å². The lowest BCUT2D eigenvalue weighted by atomic mass is 9.89. The normalized spacial score (nSPS) is 22.5. The Labute approximate surface area is 211 Å². The van der Waals surface area contributed by atoms with E-state index in [-0.39, 0.29) is 18.1 Å². The van der Waals surface area contributed by atoms with Crippen molar-refractivity contribution in [2.24, 2.45) is 0 Å². The zero-order valence-corrected chi connectivity index (χ0v) is 20.7. The molecule has 1 saturated heterocycles. The molecule has 0 radical (unpaired) electrons. The average molecular weight is 510 g/mol. The Hall–Kier alpha value is -3.47. The van der Waals surface area contributed by atoms with Crippen molar-refractivity contribution in [1.29, 1.82) is 0 Å². The fourth-order valence-corrected chi connectivity index (χ4v) is 4.84. The van der Waals surface area contributed by atoms with Gasteiger partial charge in [0, 0.05) is 29.4 Å². The fraction of sp³-hybridized carbons (Fsp3) is 0.462. The van der Waals surface area contributed by atoms with Crippen LogP contribution < -0.4 is 0 Å². The Morgan fingerprint density at radius 3 is 2.46 bits per heavy atom. The molecular weight excluding hydrogens is 483 g/mol. The second-order valence-electron chi connectivity index (χ2n) is 10.0. The molecule has 8 nitrogen and oxygen atoms in total. The third-order valence-electron chi connectivity index (χ3n) is 7.08. The number of halogens is 3. The smallest absolute Gasteiger partial charge is 0.370 e. The third-order valence-corrected chi connectivity index (χ3v) is 7.08. The highest BCUT2D eigenvalue weighted by atomic mass is 19.4. The van der Waals surface area contributed by atoms with Crippen LogP contribution in [-0.4, -0.2) is 40.8 Å². The van der Waals surface area contributed by atoms with Crippen molar-refractivity contribution in [2.75, 3.05) is 0 Å². The van der Waals surface area contributed by atoms with Gasteiger partial charge in [-0.25, -0.2) is 19.9 Å². The van der Waals surface area contributed by atoms with Gasteiger partial charge < -0.3 is 4.74 Å². The lowest BCUT2D eigenvalue weighted by Gasteiger charge is -2.33. The molecular formula is C26H26F3N7O. The van der Waals surface area contributed by atoms with Crippen LogP contribution in [0.25, 0.3) is 22.4 Å². The van der Waals surface area contributed by atoms with Crippen molar-refractivity contribution in [1.82, 2.24) is 34.7 Å². The number of aromatic nitrogens is 7. The SMILES string of the molecule is Cc1nc2nc([C@H]3C[C@@H](C)O[C@@H](c4cnn(C5CC5)c4)C3)nc(-c3ccc(C(F)(F)F)nc3)c2nc1C. The summed E-state index contributed by atoms with van der Waals surface area (Å²) < 4.78 is 47.6. The molecule has 1 aliphatic carbocycles. The summed E-state index contributed by atoms with van der Waals surface area (Å²) in [6.45, 7) is 5.71. The van der Waals surface area contributed by atoms with Crippen molar-refractivity contribution < 1.29 is 17.9 Å². The molecule has 4 aromatic heterocycles. The molecule has 2 fully saturated rings. The molecule has 0 unspecified atom stereocenters. The van der Waals surface area contributed by atoms with Gasteiger partial charge in [-0.1, -0.05) is 0 Å². The molecule has 0 amide bonds. The minimum atomic E-state index is -4.52. The summed E-state index contributed by atoms with van der Waals surface area (Å²) in [5.41, 5.74) is 3.23. The molecule has 0 spiro atoms. The molecule has 6 rings (SSSR count). The maximum atomic E-state index is 13.1. The molecule has 37 heavy (non-hydrogen) atoms. The van der Waals surface area contributed by atoms with Gasteiger partial charge in [0.2, 0.25) is 0 Å². The summed E-state index contributed by atoms with van der Waals surface area (Å²) in [6.07, 6.45) is 4.09. The molecule has 4 aromatic rings. The van der Waals surface area contributed by atoms with Gasteiger partial charge in [-0.15, -0.1) is 0 Å². The summed E-state index contributed by atoms with van der Waals surface area (Å²) in [6, 6.07) is 2.82. The van der Waals surface area contributed by atoms with E-state index in [9.17, 15) is 13.2 Å². The summed E-state index contributed by atoms with van der Waals surface area (Å²) in [7, 11) is 0. The minimum Gasteiger partial charge on any atom is -0.370 e. The fourth-order valence-electron chi connectivity index (χ4n) is 4.84. The Morgan fingerprint density at radius 1 is 0.973 bits per heavy atom. The van der Waals surface area contributed by atoms with Crippen LogP contribution in [0.15, 0.2) is 30.7 Å². The summed E-state index contributed by atoms with van der Waals surface area (Å²) in [4.78, 5) is 22.6. The van der Waals surface area contributed by atoms with Gasteiger partial charge in [0.05, 0.1) is 35.8 Å². The minimum absolute atomic E-state index is 0.0330. The maximum Gasteiger partial charge on any atom is 0.433 e. The highest BCUT2D eigenvalue weighted by Gasteiger charge is 2.34. The van der Waals surface area contributed by atoms with Crippen molar-refractivity contribution >= 4 is 11.2 Å². The predicted octanol–water partition coefficient (Wildman–Crippen LogP) is 5.67. The maximum absolute atomic E-state index is 13.1. The second-order valence-corrected chi connectivity index (χ2v) is 10.0. The first-order valence-corrected chi connectivity index (χ1v) is 12.4. The van der Waals surface area contributed by atoms with Crippen LogP contribution in [0.3, 0.4) is 0 Å². The van der Waals surface area contributed by atoms with Crippen molar-refractivity contribution in [3.8, 4) is 11.3 Å². The highest BCUT2D eigenvalue weighted by Crippen LogP contribution is 2.41. The van der Waals surface area contributed by atoms with Crippen LogP contribution in [-0.2, 0) is 10.9 Å². The van der Waals surface area contributed by atoms with Crippen molar-refractivity contribution in [2.45, 2.75) is 76.8 Å². The van der Waals surface area contributed by atoms with Crippen LogP contribution in [0.2, 0.25) is 0 Å². The zero-order chi connectivity index (χ0) is 25.9. The second kappa shape index (κ2) is 8.83. The molecule has 1 aliphatic heterocycles. The first-order valence-electron chi connectivity index (χ1n) is 12.4. The number of pyridine rings is 1. The monoisotopic (exact) mass is 509 g/mol. The van der Waals surface area contributed by atoms with E-state index in [1.807, 2.05) is 31.6 Å². The number of rotatable bonds is 4. The first-order chi connectivity index (χ1) is 17.7. The van der Waals surface area contributed by atoms with Crippen LogP contribution in [0.4, 0.5) is 13.2 Å². The third kappa shape index (κ3) is 4.68. The Balaban J connectivity index is 1.40. The topological polar surface area (TPSA) is 91.5 Å². The van der Waals surface area contributed by atoms with E-state index < -0.39 is 11.9 Å². The van der Waals surface area contributed by atoms with Crippen LogP contribution in [0.1, 0.15) is 79.1 Å².